The van der Waals surface area contributed by atoms with Crippen molar-refractivity contribution in [1.29, 1.82) is 0 Å². The number of hydrogen-bond acceptors (Lipinski definition) is 9. The molecular weight excluding hydrogens is 646 g/mol. The molecule has 0 radical (unpaired) electrons. The highest BCUT2D eigenvalue weighted by atomic mass is 79.9. The molecule has 11 nitrogen and oxygen atoms in total. The van der Waals surface area contributed by atoms with Crippen molar-refractivity contribution in [3.8, 4) is 17.2 Å². The highest BCUT2D eigenvalue weighted by molar-refractivity contribution is 8.93. The number of β-amino-alcohol motifs (C(OH)–C–C–N with tert-alkyl or cyclic N) is 1. The summed E-state index contributed by atoms with van der Waals surface area (Å²) in [7, 11) is 0. The lowest BCUT2D eigenvalue weighted by atomic mass is 10.0. The summed E-state index contributed by atoms with van der Waals surface area (Å²) in [5.41, 5.74) is -0.142. The molecule has 0 spiro atoms. The number of halogens is 1. The van der Waals surface area contributed by atoms with Gasteiger partial charge in [-0.25, -0.2) is 0 Å². The Bertz CT molecular complexity index is 1270. The second kappa shape index (κ2) is 18.5. The lowest BCUT2D eigenvalue weighted by Gasteiger charge is -2.30. The van der Waals surface area contributed by atoms with E-state index < -0.39 is 29.6 Å². The van der Waals surface area contributed by atoms with Gasteiger partial charge in [0.1, 0.15) is 11.8 Å². The second-order valence-electron chi connectivity index (χ2n) is 11.5. The summed E-state index contributed by atoms with van der Waals surface area (Å²) < 4.78 is 16.4. The lowest BCUT2D eigenvalue weighted by molar-refractivity contribution is -0.140. The van der Waals surface area contributed by atoms with Crippen molar-refractivity contribution in [2.24, 2.45) is 0 Å². The van der Waals surface area contributed by atoms with E-state index in [0.29, 0.717) is 37.1 Å². The Hall–Kier alpha value is -3.48. The van der Waals surface area contributed by atoms with Gasteiger partial charge in [-0.2, -0.15) is 0 Å². The largest absolute Gasteiger partial charge is 0.484 e. The highest BCUT2D eigenvalue weighted by Crippen LogP contribution is 2.32. The molecule has 1 fully saturated rings. The molecule has 1 unspecified atom stereocenters. The molecule has 12 heteroatoms. The Balaban J connectivity index is 0.00000705. The van der Waals surface area contributed by atoms with Gasteiger partial charge < -0.3 is 34.9 Å². The van der Waals surface area contributed by atoms with Crippen LogP contribution in [0.5, 0.6) is 17.2 Å². The number of ether oxygens (including phenoxy) is 3. The van der Waals surface area contributed by atoms with Gasteiger partial charge >= 0.3 is 11.9 Å². The summed E-state index contributed by atoms with van der Waals surface area (Å²) in [6.07, 6.45) is 1.95. The normalized spacial score (nSPS) is 15.0. The number of nitrogens with zero attached hydrogens (tertiary/aromatic N) is 1. The van der Waals surface area contributed by atoms with Gasteiger partial charge in [-0.1, -0.05) is 38.1 Å². The summed E-state index contributed by atoms with van der Waals surface area (Å²) in [5.74, 6) is -0.601. The number of likely N-dealkylation sites (tertiary alicyclic amines) is 1. The van der Waals surface area contributed by atoms with Gasteiger partial charge in [-0.15, -0.1) is 17.0 Å². The Morgan fingerprint density at radius 3 is 2.27 bits per heavy atom. The van der Waals surface area contributed by atoms with E-state index in [-0.39, 0.29) is 72.8 Å². The summed E-state index contributed by atoms with van der Waals surface area (Å²) in [6.45, 7) is 8.23. The molecule has 0 aromatic heterocycles. The van der Waals surface area contributed by atoms with Crippen LogP contribution in [0.1, 0.15) is 77.9 Å². The van der Waals surface area contributed by atoms with Gasteiger partial charge in [-0.3, -0.25) is 19.2 Å². The van der Waals surface area contributed by atoms with Crippen LogP contribution in [0.15, 0.2) is 48.5 Å². The van der Waals surface area contributed by atoms with E-state index in [1.807, 2.05) is 45.9 Å². The molecule has 45 heavy (non-hydrogen) atoms. The van der Waals surface area contributed by atoms with Crippen LogP contribution >= 0.6 is 17.0 Å². The monoisotopic (exact) mass is 691 g/mol. The third-order valence-corrected chi connectivity index (χ3v) is 7.17. The van der Waals surface area contributed by atoms with Gasteiger partial charge in [0.15, 0.2) is 18.1 Å². The van der Waals surface area contributed by atoms with Crippen molar-refractivity contribution in [2.75, 3.05) is 26.2 Å². The first-order valence-corrected chi connectivity index (χ1v) is 15.3. The topological polar surface area (TPSA) is 144 Å². The Kier molecular flexibility index (Phi) is 15.5. The maximum atomic E-state index is 13.1. The zero-order chi connectivity index (χ0) is 32.1. The molecule has 0 bridgehead atoms. The minimum atomic E-state index is -0.985. The molecule has 1 aliphatic heterocycles. The van der Waals surface area contributed by atoms with Crippen LogP contribution in [-0.2, 0) is 19.2 Å². The third kappa shape index (κ3) is 12.1. The first-order valence-electron chi connectivity index (χ1n) is 15.3. The van der Waals surface area contributed by atoms with Crippen molar-refractivity contribution < 1.29 is 38.5 Å². The molecule has 2 amide bonds. The van der Waals surface area contributed by atoms with Gasteiger partial charge in [-0.05, 0) is 69.4 Å². The number of carbonyl (C=O) groups is 4. The summed E-state index contributed by atoms with van der Waals surface area (Å²) in [4.78, 5) is 51.7. The average Bonchev–Trinajstić information content (AvgIpc) is 3.50. The quantitative estimate of drug-likeness (QED) is 0.174. The fourth-order valence-electron chi connectivity index (χ4n) is 4.71. The number of nitrogens with one attached hydrogen (secondary N) is 2. The Labute approximate surface area is 275 Å². The van der Waals surface area contributed by atoms with Crippen molar-refractivity contribution in [3.05, 3.63) is 54.1 Å². The molecule has 0 aliphatic carbocycles. The number of carbonyl (C=O) groups excluding carboxylic acids is 4. The SMILES string of the molecule is Br.CCCC(=O)Oc1ccc(C(O)CNC(C)(C)CNC(=O)[C@H]2CCCN2C(=O)COc2ccccc2)cc1OC(=O)CCC. The maximum absolute atomic E-state index is 13.1. The Morgan fingerprint density at radius 1 is 0.978 bits per heavy atom. The fourth-order valence-corrected chi connectivity index (χ4v) is 4.71. The Morgan fingerprint density at radius 2 is 1.62 bits per heavy atom. The van der Waals surface area contributed by atoms with Gasteiger partial charge in [0.25, 0.3) is 5.91 Å². The van der Waals surface area contributed by atoms with E-state index in [9.17, 15) is 24.3 Å². The smallest absolute Gasteiger partial charge is 0.311 e. The van der Waals surface area contributed by atoms with Gasteiger partial charge in [0.05, 0.1) is 6.10 Å². The molecular formula is C33H46BrN3O8. The van der Waals surface area contributed by atoms with Crippen molar-refractivity contribution >= 4 is 40.7 Å². The number of aliphatic hydroxyl groups excluding tert-OH is 1. The van der Waals surface area contributed by atoms with Crippen LogP contribution in [-0.4, -0.2) is 71.6 Å². The van der Waals surface area contributed by atoms with Crippen LogP contribution in [0.2, 0.25) is 0 Å². The van der Waals surface area contributed by atoms with E-state index >= 15 is 0 Å². The van der Waals surface area contributed by atoms with Gasteiger partial charge in [0, 0.05) is 38.0 Å². The predicted molar refractivity (Wildman–Crippen MR) is 175 cm³/mol. The first kappa shape index (κ1) is 37.7. The van der Waals surface area contributed by atoms with Crippen LogP contribution in [0, 0.1) is 0 Å². The number of hydrogen-bond donors (Lipinski definition) is 3. The number of para-hydroxylation sites is 1. The van der Waals surface area contributed by atoms with Crippen molar-refractivity contribution in [2.45, 2.75) is 83.9 Å². The molecule has 1 heterocycles. The van der Waals surface area contributed by atoms with E-state index in [1.165, 1.54) is 12.1 Å². The van der Waals surface area contributed by atoms with E-state index in [1.54, 1.807) is 23.1 Å². The average molecular weight is 693 g/mol. The number of amides is 2. The maximum Gasteiger partial charge on any atom is 0.311 e. The van der Waals surface area contributed by atoms with E-state index in [4.69, 9.17) is 14.2 Å². The highest BCUT2D eigenvalue weighted by Gasteiger charge is 2.35. The van der Waals surface area contributed by atoms with Crippen LogP contribution in [0.4, 0.5) is 0 Å². The lowest BCUT2D eigenvalue weighted by Crippen LogP contribution is -2.54. The molecule has 2 atom stereocenters. The summed E-state index contributed by atoms with van der Waals surface area (Å²) in [5, 5.41) is 17.1. The minimum Gasteiger partial charge on any atom is -0.484 e. The van der Waals surface area contributed by atoms with E-state index in [2.05, 4.69) is 10.6 Å². The van der Waals surface area contributed by atoms with Crippen LogP contribution in [0.25, 0.3) is 0 Å². The standard InChI is InChI=1S/C33H45N3O8.BrH/c1-5-11-30(39)43-27-17-16-23(19-28(27)44-31(40)12-6-2)26(37)20-35-33(3,4)22-34-32(41)25-15-10-18-36(25)29(38)21-42-24-13-8-7-9-14-24;/h7-9,13-14,16-17,19,25-26,35,37H,5-6,10-12,15,18,20-22H2,1-4H3,(H,34,41);1H/t25-,26?;/m1./s1. The summed E-state index contributed by atoms with van der Waals surface area (Å²) >= 11 is 0. The predicted octanol–water partition coefficient (Wildman–Crippen LogP) is 4.26. The third-order valence-electron chi connectivity index (χ3n) is 7.17. The number of aliphatic hydroxyl groups is 1. The van der Waals surface area contributed by atoms with E-state index in [0.717, 1.165) is 6.42 Å². The molecule has 0 saturated carbocycles. The molecule has 3 rings (SSSR count). The summed E-state index contributed by atoms with van der Waals surface area (Å²) in [6, 6.07) is 13.1. The number of rotatable bonds is 16. The molecule has 3 N–H and O–H groups in total. The molecule has 2 aromatic rings. The fraction of sp³-hybridized carbons (Fsp3) is 0.515. The number of esters is 2. The zero-order valence-electron chi connectivity index (χ0n) is 26.5. The first-order chi connectivity index (χ1) is 21.0. The minimum absolute atomic E-state index is 0. The van der Waals surface area contributed by atoms with Crippen molar-refractivity contribution in [1.82, 2.24) is 15.5 Å². The zero-order valence-corrected chi connectivity index (χ0v) is 28.2. The van der Waals surface area contributed by atoms with Crippen LogP contribution in [0.3, 0.4) is 0 Å². The molecule has 1 saturated heterocycles. The van der Waals surface area contributed by atoms with Crippen LogP contribution < -0.4 is 24.8 Å². The molecule has 1 aliphatic rings. The van der Waals surface area contributed by atoms with Crippen molar-refractivity contribution in [3.63, 3.8) is 0 Å². The second-order valence-corrected chi connectivity index (χ2v) is 11.5. The molecule has 248 valence electrons. The molecule has 2 aromatic carbocycles. The van der Waals surface area contributed by atoms with Gasteiger partial charge in [0.2, 0.25) is 5.91 Å². The number of benzene rings is 2.